The van der Waals surface area contributed by atoms with Crippen molar-refractivity contribution in [1.82, 2.24) is 0 Å². The number of aliphatic hydroxyl groups excluding tert-OH is 1. The Labute approximate surface area is 543 Å². The van der Waals surface area contributed by atoms with E-state index in [9.17, 15) is 43.2 Å². The molecule has 19 heteroatoms. The van der Waals surface area contributed by atoms with E-state index in [-0.39, 0.29) is 25.7 Å². The highest BCUT2D eigenvalue weighted by Crippen LogP contribution is 2.45. The average Bonchev–Trinajstić information content (AvgIpc) is 3.59. The maximum atomic E-state index is 13.0. The third kappa shape index (κ3) is 64.6. The molecule has 0 aromatic rings. The van der Waals surface area contributed by atoms with Gasteiger partial charge in [0.1, 0.15) is 19.3 Å². The summed E-state index contributed by atoms with van der Waals surface area (Å²) in [5.41, 5.74) is 0. The van der Waals surface area contributed by atoms with E-state index in [0.717, 1.165) is 96.3 Å². The lowest BCUT2D eigenvalue weighted by Crippen LogP contribution is -2.30. The maximum absolute atomic E-state index is 13.0. The number of hydrogen-bond acceptors (Lipinski definition) is 15. The minimum absolute atomic E-state index is 0.106. The summed E-state index contributed by atoms with van der Waals surface area (Å²) in [6.45, 7) is 7.15. The van der Waals surface area contributed by atoms with Crippen molar-refractivity contribution in [3.8, 4) is 0 Å². The molecule has 0 bridgehead atoms. The molecule has 0 aromatic heterocycles. The van der Waals surface area contributed by atoms with Crippen LogP contribution in [-0.4, -0.2) is 96.7 Å². The highest BCUT2D eigenvalue weighted by Gasteiger charge is 2.30. The molecule has 0 aliphatic rings. The van der Waals surface area contributed by atoms with Gasteiger partial charge in [-0.2, -0.15) is 0 Å². The van der Waals surface area contributed by atoms with Crippen LogP contribution in [-0.2, 0) is 65.4 Å². The maximum Gasteiger partial charge on any atom is 0.472 e. The molecule has 0 saturated carbocycles. The molecule has 0 heterocycles. The first-order valence-electron chi connectivity index (χ1n) is 36.6. The van der Waals surface area contributed by atoms with Crippen LogP contribution in [0.3, 0.4) is 0 Å². The van der Waals surface area contributed by atoms with Crippen LogP contribution in [0.1, 0.15) is 362 Å². The zero-order chi connectivity index (χ0) is 65.6. The van der Waals surface area contributed by atoms with Gasteiger partial charge in [0, 0.05) is 25.7 Å². The molecule has 2 unspecified atom stereocenters. The Morgan fingerprint density at radius 3 is 0.764 bits per heavy atom. The number of carbonyl (C=O) groups is 4. The fraction of sp³-hybridized carbons (Fsp3) is 0.943. The van der Waals surface area contributed by atoms with Crippen molar-refractivity contribution in [1.29, 1.82) is 0 Å². The predicted molar refractivity (Wildman–Crippen MR) is 358 cm³/mol. The minimum Gasteiger partial charge on any atom is -0.462 e. The van der Waals surface area contributed by atoms with E-state index in [0.29, 0.717) is 31.6 Å². The van der Waals surface area contributed by atoms with E-state index in [2.05, 4.69) is 34.6 Å². The van der Waals surface area contributed by atoms with Crippen molar-refractivity contribution in [2.75, 3.05) is 39.6 Å². The molecule has 0 amide bonds. The van der Waals surface area contributed by atoms with Gasteiger partial charge in [-0.05, 0) is 31.6 Å². The highest BCUT2D eigenvalue weighted by atomic mass is 31.2. The molecule has 0 aromatic carbocycles. The van der Waals surface area contributed by atoms with E-state index in [1.165, 1.54) is 180 Å². The normalized spacial score (nSPS) is 14.1. The Hall–Kier alpha value is -1.94. The number of carbonyl (C=O) groups excluding carboxylic acids is 4. The second-order valence-corrected chi connectivity index (χ2v) is 28.7. The smallest absolute Gasteiger partial charge is 0.462 e. The van der Waals surface area contributed by atoms with Crippen molar-refractivity contribution in [3.63, 3.8) is 0 Å². The van der Waals surface area contributed by atoms with Crippen LogP contribution in [0.25, 0.3) is 0 Å². The summed E-state index contributed by atoms with van der Waals surface area (Å²) in [5.74, 6) is -1.45. The van der Waals surface area contributed by atoms with Crippen molar-refractivity contribution < 1.29 is 80.2 Å². The SMILES string of the molecule is CCCCCCCCCCCCCCCCCCCCCC(=O)O[C@H](COC(=O)CCCCCCCCCCCCC)COP(=O)(O)OC[C@@H](O)COP(=O)(O)OC[C@@H](COC(=O)CCCCCCCCC(C)C)OC(=O)CCCCCCCCCCCC. The van der Waals surface area contributed by atoms with Gasteiger partial charge in [-0.25, -0.2) is 9.13 Å². The topological polar surface area (TPSA) is 237 Å². The van der Waals surface area contributed by atoms with Crippen LogP contribution in [0.4, 0.5) is 0 Å². The zero-order valence-electron chi connectivity index (χ0n) is 57.6. The first kappa shape index (κ1) is 87.1. The summed E-state index contributed by atoms with van der Waals surface area (Å²) in [5, 5.41) is 10.6. The lowest BCUT2D eigenvalue weighted by Gasteiger charge is -2.21. The third-order valence-electron chi connectivity index (χ3n) is 16.3. The molecular weight excluding hydrogens is 1170 g/mol. The van der Waals surface area contributed by atoms with E-state index in [1.807, 2.05) is 0 Å². The molecule has 0 saturated heterocycles. The van der Waals surface area contributed by atoms with E-state index >= 15 is 0 Å². The monoisotopic (exact) mass is 1310 g/mol. The molecule has 0 radical (unpaired) electrons. The summed E-state index contributed by atoms with van der Waals surface area (Å²) < 4.78 is 68.2. The van der Waals surface area contributed by atoms with Crippen LogP contribution in [0.2, 0.25) is 0 Å². The standard InChI is InChI=1S/C70H136O17P2/c1-6-9-12-15-18-21-24-25-26-27-28-29-30-31-33-36-39-46-51-56-70(75)86-65(59-80-67(72)53-48-43-37-35-32-22-19-16-13-10-7-2)61-84-88(76,77)82-57-64(71)58-83-89(78,79)85-62-66(60-81-68(73)54-49-44-41-40-42-47-52-63(4)5)87-69(74)55-50-45-38-34-23-20-17-14-11-8-3/h63-66,71H,6-62H2,1-5H3,(H,76,77)(H,78,79)/t64-,65-,66-/m1/s1. The minimum atomic E-state index is -4.95. The fourth-order valence-electron chi connectivity index (χ4n) is 10.6. The van der Waals surface area contributed by atoms with Gasteiger partial charge in [-0.1, -0.05) is 311 Å². The van der Waals surface area contributed by atoms with Crippen LogP contribution in [0.15, 0.2) is 0 Å². The van der Waals surface area contributed by atoms with Gasteiger partial charge in [0.15, 0.2) is 12.2 Å². The van der Waals surface area contributed by atoms with Gasteiger partial charge in [-0.3, -0.25) is 37.3 Å². The third-order valence-corrected chi connectivity index (χ3v) is 18.2. The molecule has 5 atom stereocenters. The summed E-state index contributed by atoms with van der Waals surface area (Å²) in [7, 11) is -9.89. The Morgan fingerprint density at radius 1 is 0.303 bits per heavy atom. The number of phosphoric acid groups is 2. The number of unbranched alkanes of at least 4 members (excludes halogenated alkanes) is 42. The second-order valence-electron chi connectivity index (χ2n) is 25.7. The quantitative estimate of drug-likeness (QED) is 0.0222. The Balaban J connectivity index is 5.18. The lowest BCUT2D eigenvalue weighted by molar-refractivity contribution is -0.161. The van der Waals surface area contributed by atoms with Gasteiger partial charge in [0.05, 0.1) is 26.4 Å². The van der Waals surface area contributed by atoms with E-state index in [4.69, 9.17) is 37.0 Å². The van der Waals surface area contributed by atoms with Crippen molar-refractivity contribution in [2.45, 2.75) is 380 Å². The van der Waals surface area contributed by atoms with Crippen LogP contribution in [0, 0.1) is 5.92 Å². The van der Waals surface area contributed by atoms with Crippen LogP contribution in [0.5, 0.6) is 0 Å². The Kier molecular flexibility index (Phi) is 62.1. The van der Waals surface area contributed by atoms with Crippen LogP contribution >= 0.6 is 15.6 Å². The zero-order valence-corrected chi connectivity index (χ0v) is 59.4. The van der Waals surface area contributed by atoms with Gasteiger partial charge in [0.25, 0.3) is 0 Å². The Bertz CT molecular complexity index is 1720. The summed E-state index contributed by atoms with van der Waals surface area (Å²) in [4.78, 5) is 72.4. The van der Waals surface area contributed by atoms with Gasteiger partial charge in [-0.15, -0.1) is 0 Å². The molecular formula is C70H136O17P2. The molecule has 0 spiro atoms. The fourth-order valence-corrected chi connectivity index (χ4v) is 12.2. The van der Waals surface area contributed by atoms with Crippen molar-refractivity contribution >= 4 is 39.5 Å². The molecule has 17 nitrogen and oxygen atoms in total. The largest absolute Gasteiger partial charge is 0.472 e. The predicted octanol–water partition coefficient (Wildman–Crippen LogP) is 20.1. The highest BCUT2D eigenvalue weighted by molar-refractivity contribution is 7.47. The van der Waals surface area contributed by atoms with Gasteiger partial charge >= 0.3 is 39.5 Å². The van der Waals surface area contributed by atoms with E-state index in [1.54, 1.807) is 0 Å². The molecule has 3 N–H and O–H groups in total. The summed E-state index contributed by atoms with van der Waals surface area (Å²) in [6.07, 6.45) is 50.1. The van der Waals surface area contributed by atoms with Crippen LogP contribution < -0.4 is 0 Å². The van der Waals surface area contributed by atoms with Crippen molar-refractivity contribution in [2.24, 2.45) is 5.92 Å². The first-order chi connectivity index (χ1) is 43.0. The number of aliphatic hydroxyl groups is 1. The summed E-state index contributed by atoms with van der Waals surface area (Å²) in [6, 6.07) is 0. The number of ether oxygens (including phenoxy) is 4. The molecule has 0 aliphatic carbocycles. The number of hydrogen-bond donors (Lipinski definition) is 3. The van der Waals surface area contributed by atoms with Gasteiger partial charge in [0.2, 0.25) is 0 Å². The molecule has 0 fully saturated rings. The number of rotatable bonds is 70. The molecule has 528 valence electrons. The number of esters is 4. The molecule has 89 heavy (non-hydrogen) atoms. The molecule has 0 rings (SSSR count). The number of phosphoric ester groups is 2. The lowest BCUT2D eigenvalue weighted by atomic mass is 10.0. The Morgan fingerprint density at radius 2 is 0.517 bits per heavy atom. The summed E-state index contributed by atoms with van der Waals surface area (Å²) >= 11 is 0. The van der Waals surface area contributed by atoms with E-state index < -0.39 is 97.5 Å². The average molecular weight is 1310 g/mol. The molecule has 0 aliphatic heterocycles. The van der Waals surface area contributed by atoms with Gasteiger partial charge < -0.3 is 33.8 Å². The van der Waals surface area contributed by atoms with Crippen molar-refractivity contribution in [3.05, 3.63) is 0 Å². The second kappa shape index (κ2) is 63.5. The first-order valence-corrected chi connectivity index (χ1v) is 39.6.